The van der Waals surface area contributed by atoms with Crippen LogP contribution in [0.4, 0.5) is 4.39 Å². The van der Waals surface area contributed by atoms with Gasteiger partial charge in [-0.1, -0.05) is 0 Å². The largest absolute Gasteiger partial charge is 0.616 e. The van der Waals surface area contributed by atoms with Gasteiger partial charge in [0.25, 0.3) is 0 Å². The highest BCUT2D eigenvalue weighted by atomic mass is 32.2. The second-order valence-corrected chi connectivity index (χ2v) is 4.08. The van der Waals surface area contributed by atoms with E-state index in [2.05, 4.69) is 0 Å². The van der Waals surface area contributed by atoms with Crippen LogP contribution in [0, 0.1) is 5.82 Å². The fourth-order valence-electron chi connectivity index (χ4n) is 0.904. The van der Waals surface area contributed by atoms with Gasteiger partial charge in [-0.3, -0.25) is 4.79 Å². The summed E-state index contributed by atoms with van der Waals surface area (Å²) in [4.78, 5) is 11.3. The number of hydrogen-bond acceptors (Lipinski definition) is 2. The SMILES string of the molecule is C[S+]([O-])CC(=O)c1ccc(F)cc1. The number of benzene rings is 1. The lowest BCUT2D eigenvalue weighted by Gasteiger charge is -2.03. The number of halogens is 1. The van der Waals surface area contributed by atoms with Gasteiger partial charge in [-0.2, -0.15) is 0 Å². The quantitative estimate of drug-likeness (QED) is 0.546. The highest BCUT2D eigenvalue weighted by Gasteiger charge is 2.10. The van der Waals surface area contributed by atoms with Crippen LogP contribution in [0.5, 0.6) is 0 Å². The second-order valence-electron chi connectivity index (χ2n) is 2.65. The molecule has 0 bridgehead atoms. The molecule has 0 aromatic heterocycles. The van der Waals surface area contributed by atoms with Gasteiger partial charge >= 0.3 is 0 Å². The fourth-order valence-corrected chi connectivity index (χ4v) is 1.44. The third kappa shape index (κ3) is 3.16. The first-order valence-electron chi connectivity index (χ1n) is 3.68. The molecule has 13 heavy (non-hydrogen) atoms. The van der Waals surface area contributed by atoms with Crippen molar-refractivity contribution in [3.05, 3.63) is 35.6 Å². The van der Waals surface area contributed by atoms with Gasteiger partial charge in [-0.25, -0.2) is 4.39 Å². The molecule has 0 amide bonds. The molecule has 0 aliphatic rings. The molecule has 0 heterocycles. The first kappa shape index (κ1) is 10.2. The molecule has 0 radical (unpaired) electrons. The van der Waals surface area contributed by atoms with Crippen molar-refractivity contribution < 1.29 is 13.7 Å². The van der Waals surface area contributed by atoms with Crippen molar-refractivity contribution in [1.82, 2.24) is 0 Å². The Balaban J connectivity index is 2.72. The smallest absolute Gasteiger partial charge is 0.211 e. The van der Waals surface area contributed by atoms with Gasteiger partial charge < -0.3 is 4.55 Å². The number of ketones is 1. The summed E-state index contributed by atoms with van der Waals surface area (Å²) in [7, 11) is 0. The van der Waals surface area contributed by atoms with Crippen molar-refractivity contribution in [2.75, 3.05) is 12.0 Å². The molecule has 1 rings (SSSR count). The molecular weight excluding hydrogens is 191 g/mol. The molecule has 0 N–H and O–H groups in total. The molecule has 0 saturated heterocycles. The van der Waals surface area contributed by atoms with E-state index in [4.69, 9.17) is 0 Å². The Kier molecular flexibility index (Phi) is 3.45. The zero-order chi connectivity index (χ0) is 9.84. The van der Waals surface area contributed by atoms with E-state index >= 15 is 0 Å². The van der Waals surface area contributed by atoms with Crippen molar-refractivity contribution in [2.45, 2.75) is 0 Å². The van der Waals surface area contributed by atoms with E-state index in [0.717, 1.165) is 0 Å². The van der Waals surface area contributed by atoms with Gasteiger partial charge in [0.15, 0.2) is 5.75 Å². The first-order chi connectivity index (χ1) is 6.09. The maximum Gasteiger partial charge on any atom is 0.211 e. The first-order valence-corrected chi connectivity index (χ1v) is 5.41. The summed E-state index contributed by atoms with van der Waals surface area (Å²) in [5.41, 5.74) is 0.400. The van der Waals surface area contributed by atoms with Crippen molar-refractivity contribution in [3.63, 3.8) is 0 Å². The standard InChI is InChI=1S/C9H9FO2S/c1-13(12)6-9(11)7-2-4-8(10)5-3-7/h2-5H,6H2,1H3. The molecular formula is C9H9FO2S. The van der Waals surface area contributed by atoms with Gasteiger partial charge in [-0.05, 0) is 35.4 Å². The second kappa shape index (κ2) is 4.39. The van der Waals surface area contributed by atoms with Crippen molar-refractivity contribution >= 4 is 17.0 Å². The lowest BCUT2D eigenvalue weighted by molar-refractivity contribution is 0.102. The van der Waals surface area contributed by atoms with E-state index < -0.39 is 11.2 Å². The van der Waals surface area contributed by atoms with E-state index in [1.165, 1.54) is 30.5 Å². The van der Waals surface area contributed by atoms with Gasteiger partial charge in [0, 0.05) is 5.56 Å². The summed E-state index contributed by atoms with van der Waals surface area (Å²) in [6.07, 6.45) is 1.46. The Morgan fingerprint density at radius 1 is 1.46 bits per heavy atom. The van der Waals surface area contributed by atoms with Crippen LogP contribution in [-0.2, 0) is 11.2 Å². The van der Waals surface area contributed by atoms with Crippen LogP contribution in [-0.4, -0.2) is 22.3 Å². The predicted molar refractivity (Wildman–Crippen MR) is 49.7 cm³/mol. The molecule has 0 aliphatic heterocycles. The van der Waals surface area contributed by atoms with Gasteiger partial charge in [-0.15, -0.1) is 0 Å². The van der Waals surface area contributed by atoms with Gasteiger partial charge in [0.1, 0.15) is 5.82 Å². The monoisotopic (exact) mass is 200 g/mol. The summed E-state index contributed by atoms with van der Waals surface area (Å²) in [5, 5.41) is 0. The van der Waals surface area contributed by atoms with Crippen LogP contribution < -0.4 is 0 Å². The van der Waals surface area contributed by atoms with Gasteiger partial charge in [0.2, 0.25) is 5.78 Å². The molecule has 1 unspecified atom stereocenters. The molecule has 1 atom stereocenters. The summed E-state index contributed by atoms with van der Waals surface area (Å²) in [6.45, 7) is 0. The lowest BCUT2D eigenvalue weighted by atomic mass is 10.1. The molecule has 70 valence electrons. The van der Waals surface area contributed by atoms with E-state index in [1.54, 1.807) is 0 Å². The Hall–Kier alpha value is -0.870. The van der Waals surface area contributed by atoms with E-state index in [1.807, 2.05) is 0 Å². The Labute approximate surface area is 78.9 Å². The molecule has 1 aromatic rings. The molecule has 2 nitrogen and oxygen atoms in total. The molecule has 0 aliphatic carbocycles. The number of hydrogen-bond donors (Lipinski definition) is 0. The molecule has 0 fully saturated rings. The number of carbonyl (C=O) groups is 1. The Morgan fingerprint density at radius 2 is 2.00 bits per heavy atom. The third-order valence-corrected chi connectivity index (χ3v) is 2.17. The molecule has 1 aromatic carbocycles. The van der Waals surface area contributed by atoms with Crippen LogP contribution in [0.3, 0.4) is 0 Å². The average Bonchev–Trinajstić information content (AvgIpc) is 2.04. The maximum atomic E-state index is 12.4. The number of Topliss-reactive ketones (excluding diaryl/α,β-unsaturated/α-hetero) is 1. The van der Waals surface area contributed by atoms with E-state index in [-0.39, 0.29) is 17.4 Å². The van der Waals surface area contributed by atoms with Gasteiger partial charge in [0.05, 0.1) is 6.26 Å². The van der Waals surface area contributed by atoms with E-state index in [9.17, 15) is 13.7 Å². The minimum absolute atomic E-state index is 0.00830. The zero-order valence-electron chi connectivity index (χ0n) is 7.12. The van der Waals surface area contributed by atoms with Crippen molar-refractivity contribution in [2.24, 2.45) is 0 Å². The highest BCUT2D eigenvalue weighted by molar-refractivity contribution is 7.91. The predicted octanol–water partition coefficient (Wildman–Crippen LogP) is 1.39. The summed E-state index contributed by atoms with van der Waals surface area (Å²) < 4.78 is 23.2. The summed E-state index contributed by atoms with van der Waals surface area (Å²) >= 11 is -1.14. The van der Waals surface area contributed by atoms with Crippen molar-refractivity contribution in [1.29, 1.82) is 0 Å². The van der Waals surface area contributed by atoms with Crippen molar-refractivity contribution in [3.8, 4) is 0 Å². The van der Waals surface area contributed by atoms with Crippen LogP contribution in [0.25, 0.3) is 0 Å². The molecule has 4 heteroatoms. The lowest BCUT2D eigenvalue weighted by Crippen LogP contribution is -2.14. The summed E-state index contributed by atoms with van der Waals surface area (Å²) in [6, 6.07) is 5.21. The minimum Gasteiger partial charge on any atom is -0.616 e. The molecule has 0 saturated carbocycles. The average molecular weight is 200 g/mol. The molecule has 0 spiro atoms. The number of rotatable bonds is 3. The topological polar surface area (TPSA) is 40.1 Å². The zero-order valence-corrected chi connectivity index (χ0v) is 7.94. The van der Waals surface area contributed by atoms with Crippen LogP contribution in [0.1, 0.15) is 10.4 Å². The fraction of sp³-hybridized carbons (Fsp3) is 0.222. The van der Waals surface area contributed by atoms with Crippen LogP contribution in [0.15, 0.2) is 24.3 Å². The van der Waals surface area contributed by atoms with Crippen LogP contribution in [0.2, 0.25) is 0 Å². The maximum absolute atomic E-state index is 12.4. The summed E-state index contributed by atoms with van der Waals surface area (Å²) in [5.74, 6) is -0.610. The minimum atomic E-state index is -1.14. The third-order valence-electron chi connectivity index (χ3n) is 1.50. The Morgan fingerprint density at radius 3 is 2.46 bits per heavy atom. The Bertz CT molecular complexity index is 295. The highest BCUT2D eigenvalue weighted by Crippen LogP contribution is 2.04. The van der Waals surface area contributed by atoms with Crippen LogP contribution >= 0.6 is 0 Å². The number of carbonyl (C=O) groups excluding carboxylic acids is 1. The van der Waals surface area contributed by atoms with E-state index in [0.29, 0.717) is 5.56 Å². The normalized spacial score (nSPS) is 12.5.